The summed E-state index contributed by atoms with van der Waals surface area (Å²) in [5.41, 5.74) is 13.4. The third-order valence-electron chi connectivity index (χ3n) is 3.08. The molecule has 1 aromatic carbocycles. The van der Waals surface area contributed by atoms with Crippen LogP contribution in [-0.2, 0) is 6.42 Å². The molecule has 1 aromatic rings. The second-order valence-corrected chi connectivity index (χ2v) is 4.31. The van der Waals surface area contributed by atoms with Gasteiger partial charge in [0.1, 0.15) is 0 Å². The average Bonchev–Trinajstić information content (AvgIpc) is 2.32. The Balaban J connectivity index is 2.57. The Kier molecular flexibility index (Phi) is 1.92. The van der Waals surface area contributed by atoms with Crippen LogP contribution in [0.2, 0.25) is 0 Å². The van der Waals surface area contributed by atoms with Gasteiger partial charge < -0.3 is 0 Å². The molecule has 0 bridgehead atoms. The van der Waals surface area contributed by atoms with Gasteiger partial charge in [0.2, 0.25) is 0 Å². The molecule has 2 rings (SSSR count). The lowest BCUT2D eigenvalue weighted by Gasteiger charge is -2.09. The zero-order valence-electron chi connectivity index (χ0n) is 8.52. The fourth-order valence-corrected chi connectivity index (χ4v) is 2.33. The van der Waals surface area contributed by atoms with Crippen molar-refractivity contribution in [1.82, 2.24) is 5.73 Å². The molecule has 69 valence electrons. The van der Waals surface area contributed by atoms with E-state index >= 15 is 0 Å². The van der Waals surface area contributed by atoms with E-state index < -0.39 is 0 Å². The fraction of sp³-hybridized carbons (Fsp3) is 0.500. The number of aryl methyl sites for hydroxylation is 2. The molecule has 0 saturated heterocycles. The number of benzene rings is 1. The molecule has 1 radical (unpaired) electrons. The quantitative estimate of drug-likeness (QED) is 0.577. The zero-order chi connectivity index (χ0) is 9.59. The smallest absolute Gasteiger partial charge is 0.0494 e. The van der Waals surface area contributed by atoms with E-state index in [4.69, 9.17) is 5.73 Å². The summed E-state index contributed by atoms with van der Waals surface area (Å²) in [6, 6.07) is 4.42. The van der Waals surface area contributed by atoms with Crippen molar-refractivity contribution in [2.75, 3.05) is 0 Å². The predicted octanol–water partition coefficient (Wildman–Crippen LogP) is 2.82. The highest BCUT2D eigenvalue weighted by Gasteiger charge is 2.27. The number of hydrogen-bond donors (Lipinski definition) is 0. The van der Waals surface area contributed by atoms with Crippen molar-refractivity contribution in [3.05, 3.63) is 34.4 Å². The maximum absolute atomic E-state index is 8.01. The van der Waals surface area contributed by atoms with E-state index in [-0.39, 0.29) is 6.04 Å². The summed E-state index contributed by atoms with van der Waals surface area (Å²) in [6.07, 6.45) is 1.09. The Bertz CT molecular complexity index is 341. The van der Waals surface area contributed by atoms with Crippen LogP contribution < -0.4 is 5.73 Å². The van der Waals surface area contributed by atoms with Gasteiger partial charge in [-0.2, -0.15) is 0 Å². The van der Waals surface area contributed by atoms with Crippen molar-refractivity contribution >= 4 is 0 Å². The Morgan fingerprint density at radius 3 is 2.69 bits per heavy atom. The number of rotatable bonds is 0. The minimum atomic E-state index is 0.00796. The van der Waals surface area contributed by atoms with Crippen molar-refractivity contribution in [2.24, 2.45) is 5.92 Å². The minimum Gasteiger partial charge on any atom is -0.249 e. The van der Waals surface area contributed by atoms with E-state index in [2.05, 4.69) is 32.9 Å². The zero-order valence-corrected chi connectivity index (χ0v) is 8.52. The second-order valence-electron chi connectivity index (χ2n) is 4.31. The molecule has 1 heteroatoms. The minimum absolute atomic E-state index is 0.00796. The van der Waals surface area contributed by atoms with Gasteiger partial charge in [-0.25, -0.2) is 5.73 Å². The topological polar surface area (TPSA) is 23.8 Å². The third-order valence-corrected chi connectivity index (χ3v) is 3.08. The van der Waals surface area contributed by atoms with Crippen LogP contribution in [0.5, 0.6) is 0 Å². The van der Waals surface area contributed by atoms with Crippen molar-refractivity contribution in [3.63, 3.8) is 0 Å². The highest BCUT2D eigenvalue weighted by molar-refractivity contribution is 5.43. The predicted molar refractivity (Wildman–Crippen MR) is 54.6 cm³/mol. The van der Waals surface area contributed by atoms with Gasteiger partial charge in [0, 0.05) is 6.04 Å². The Labute approximate surface area is 80.0 Å². The lowest BCUT2D eigenvalue weighted by atomic mass is 10.0. The van der Waals surface area contributed by atoms with Crippen LogP contribution in [0.3, 0.4) is 0 Å². The van der Waals surface area contributed by atoms with Gasteiger partial charge in [-0.3, -0.25) is 0 Å². The lowest BCUT2D eigenvalue weighted by molar-refractivity contribution is 0.500. The maximum Gasteiger partial charge on any atom is 0.0494 e. The molecule has 0 saturated carbocycles. The first-order valence-corrected chi connectivity index (χ1v) is 4.90. The number of nitrogens with one attached hydrogen (secondary N) is 1. The first-order chi connectivity index (χ1) is 6.09. The molecular weight excluding hydrogens is 158 g/mol. The summed E-state index contributed by atoms with van der Waals surface area (Å²) in [4.78, 5) is 0. The molecule has 0 unspecified atom stereocenters. The summed E-state index contributed by atoms with van der Waals surface area (Å²) < 4.78 is 0. The van der Waals surface area contributed by atoms with Crippen LogP contribution in [0.1, 0.15) is 35.2 Å². The first-order valence-electron chi connectivity index (χ1n) is 4.90. The molecule has 0 aliphatic heterocycles. The SMILES string of the molecule is Cc1cc(C)c2c(c1)[C@@H]([NH])[C@@H](C)C2. The largest absolute Gasteiger partial charge is 0.249 e. The number of fused-ring (bicyclic) bond motifs is 1. The summed E-state index contributed by atoms with van der Waals surface area (Å²) in [6.45, 7) is 6.45. The lowest BCUT2D eigenvalue weighted by Crippen LogP contribution is -2.03. The van der Waals surface area contributed by atoms with E-state index in [1.54, 1.807) is 0 Å². The highest BCUT2D eigenvalue weighted by Crippen LogP contribution is 2.37. The molecule has 0 spiro atoms. The molecule has 1 aliphatic rings. The van der Waals surface area contributed by atoms with Crippen molar-refractivity contribution in [2.45, 2.75) is 33.2 Å². The van der Waals surface area contributed by atoms with Crippen LogP contribution in [0, 0.1) is 19.8 Å². The molecule has 1 nitrogen and oxygen atoms in total. The third kappa shape index (κ3) is 1.28. The maximum atomic E-state index is 8.01. The van der Waals surface area contributed by atoms with E-state index in [0.29, 0.717) is 5.92 Å². The van der Waals surface area contributed by atoms with Crippen molar-refractivity contribution < 1.29 is 0 Å². The molecule has 0 amide bonds. The standard InChI is InChI=1S/C12H16N/c1-7-4-8(2)10-6-9(3)12(13)11(10)5-7/h4-5,9,12-13H,6H2,1-3H3/t9-,12-/m0/s1. The fourth-order valence-electron chi connectivity index (χ4n) is 2.33. The normalized spacial score (nSPS) is 26.2. The van der Waals surface area contributed by atoms with Crippen molar-refractivity contribution in [1.29, 1.82) is 0 Å². The van der Waals surface area contributed by atoms with Gasteiger partial charge in [0.15, 0.2) is 0 Å². The summed E-state index contributed by atoms with van der Waals surface area (Å²) in [7, 11) is 0. The van der Waals surface area contributed by atoms with Gasteiger partial charge in [-0.15, -0.1) is 0 Å². The van der Waals surface area contributed by atoms with Gasteiger partial charge in [0.25, 0.3) is 0 Å². The Hall–Kier alpha value is -0.820. The van der Waals surface area contributed by atoms with E-state index in [9.17, 15) is 0 Å². The molecule has 13 heavy (non-hydrogen) atoms. The van der Waals surface area contributed by atoms with Crippen LogP contribution in [0.15, 0.2) is 12.1 Å². The van der Waals surface area contributed by atoms with Crippen LogP contribution in [0.4, 0.5) is 0 Å². The van der Waals surface area contributed by atoms with Crippen LogP contribution in [0.25, 0.3) is 0 Å². The van der Waals surface area contributed by atoms with Crippen molar-refractivity contribution in [3.8, 4) is 0 Å². The number of hydrogen-bond acceptors (Lipinski definition) is 0. The Morgan fingerprint density at radius 2 is 2.00 bits per heavy atom. The summed E-state index contributed by atoms with van der Waals surface area (Å²) in [5.74, 6) is 0.496. The molecule has 0 heterocycles. The van der Waals surface area contributed by atoms with Crippen LogP contribution in [-0.4, -0.2) is 0 Å². The first kappa shape index (κ1) is 8.76. The average molecular weight is 174 g/mol. The van der Waals surface area contributed by atoms with Crippen LogP contribution >= 0.6 is 0 Å². The highest BCUT2D eigenvalue weighted by atomic mass is 14.7. The monoisotopic (exact) mass is 174 g/mol. The van der Waals surface area contributed by atoms with Gasteiger partial charge in [0.05, 0.1) is 0 Å². The van der Waals surface area contributed by atoms with Gasteiger partial charge in [-0.05, 0) is 42.9 Å². The van der Waals surface area contributed by atoms with E-state index in [1.807, 2.05) is 0 Å². The molecule has 0 aromatic heterocycles. The molecule has 1 aliphatic carbocycles. The van der Waals surface area contributed by atoms with Gasteiger partial charge in [-0.1, -0.05) is 24.6 Å². The van der Waals surface area contributed by atoms with Gasteiger partial charge >= 0.3 is 0 Å². The van der Waals surface area contributed by atoms with E-state index in [1.165, 1.54) is 22.3 Å². The summed E-state index contributed by atoms with van der Waals surface area (Å²) in [5, 5.41) is 0. The Morgan fingerprint density at radius 1 is 1.31 bits per heavy atom. The second kappa shape index (κ2) is 2.85. The molecule has 1 N–H and O–H groups in total. The van der Waals surface area contributed by atoms with E-state index in [0.717, 1.165) is 6.42 Å². The summed E-state index contributed by atoms with van der Waals surface area (Å²) >= 11 is 0. The molecule has 2 atom stereocenters. The molecule has 0 fully saturated rings. The molecular formula is C12H16N.